The number of carbonyl (C=O) groups excluding carboxylic acids is 4. The van der Waals surface area contributed by atoms with E-state index in [4.69, 9.17) is 37.0 Å². The van der Waals surface area contributed by atoms with E-state index < -0.39 is 97.5 Å². The maximum absolute atomic E-state index is 13.0. The van der Waals surface area contributed by atoms with Crippen molar-refractivity contribution >= 4 is 39.5 Å². The number of unbranched alkanes of at least 4 members (excludes halogenated alkanes) is 37. The highest BCUT2D eigenvalue weighted by Gasteiger charge is 2.30. The number of hydrogen-bond donors (Lipinski definition) is 3. The van der Waals surface area contributed by atoms with E-state index in [0.29, 0.717) is 25.7 Å². The summed E-state index contributed by atoms with van der Waals surface area (Å²) in [5.74, 6) is 0.136. The van der Waals surface area contributed by atoms with Crippen LogP contribution in [0.1, 0.15) is 357 Å². The van der Waals surface area contributed by atoms with E-state index in [1.54, 1.807) is 0 Å². The van der Waals surface area contributed by atoms with Crippen molar-refractivity contribution in [3.63, 3.8) is 0 Å². The Kier molecular flexibility index (Phi) is 60.6. The summed E-state index contributed by atoms with van der Waals surface area (Å²) in [5, 5.41) is 10.6. The van der Waals surface area contributed by atoms with Crippen molar-refractivity contribution in [3.05, 3.63) is 0 Å². The Bertz CT molecular complexity index is 1770. The second-order valence-electron chi connectivity index (χ2n) is 27.1. The Morgan fingerprint density at radius 3 is 0.756 bits per heavy atom. The Morgan fingerprint density at radius 1 is 0.300 bits per heavy atom. The van der Waals surface area contributed by atoms with Crippen LogP contribution in [0.4, 0.5) is 0 Å². The van der Waals surface area contributed by atoms with Crippen LogP contribution < -0.4 is 0 Å². The number of rotatable bonds is 69. The average Bonchev–Trinajstić information content (AvgIpc) is 3.66. The molecule has 0 amide bonds. The number of aliphatic hydroxyl groups is 1. The van der Waals surface area contributed by atoms with Gasteiger partial charge in [-0.2, -0.15) is 0 Å². The Labute approximate surface area is 549 Å². The van der Waals surface area contributed by atoms with Crippen molar-refractivity contribution in [1.29, 1.82) is 0 Å². The summed E-state index contributed by atoms with van der Waals surface area (Å²) in [6.45, 7) is 11.8. The number of aliphatic hydroxyl groups excluding tert-OH is 1. The van der Waals surface area contributed by atoms with Crippen LogP contribution >= 0.6 is 15.6 Å². The van der Waals surface area contributed by atoms with E-state index in [0.717, 1.165) is 108 Å². The molecule has 534 valence electrons. The number of phosphoric acid groups is 2. The number of phosphoric ester groups is 2. The molecule has 0 heterocycles. The van der Waals surface area contributed by atoms with Gasteiger partial charge in [-0.1, -0.05) is 305 Å². The summed E-state index contributed by atoms with van der Waals surface area (Å²) in [6, 6.07) is 0. The lowest BCUT2D eigenvalue weighted by molar-refractivity contribution is -0.161. The highest BCUT2D eigenvalue weighted by atomic mass is 31.2. The van der Waals surface area contributed by atoms with Gasteiger partial charge < -0.3 is 33.8 Å². The molecule has 3 N–H and O–H groups in total. The van der Waals surface area contributed by atoms with Gasteiger partial charge in [0, 0.05) is 25.7 Å². The fourth-order valence-electron chi connectivity index (χ4n) is 10.7. The van der Waals surface area contributed by atoms with Gasteiger partial charge in [-0.05, 0) is 43.4 Å². The fraction of sp³-hybridized carbons (Fsp3) is 0.944. The van der Waals surface area contributed by atoms with Gasteiger partial charge in [0.2, 0.25) is 0 Å². The molecule has 0 saturated heterocycles. The first kappa shape index (κ1) is 88.1. The van der Waals surface area contributed by atoms with E-state index >= 15 is 0 Å². The van der Waals surface area contributed by atoms with Crippen LogP contribution in [0, 0.1) is 17.8 Å². The van der Waals surface area contributed by atoms with Crippen molar-refractivity contribution in [2.24, 2.45) is 17.8 Å². The van der Waals surface area contributed by atoms with Crippen molar-refractivity contribution in [2.75, 3.05) is 39.6 Å². The molecule has 0 spiro atoms. The van der Waals surface area contributed by atoms with Crippen LogP contribution in [0.3, 0.4) is 0 Å². The normalized spacial score (nSPS) is 14.2. The smallest absolute Gasteiger partial charge is 0.462 e. The lowest BCUT2D eigenvalue weighted by Gasteiger charge is -2.21. The highest BCUT2D eigenvalue weighted by Crippen LogP contribution is 2.45. The summed E-state index contributed by atoms with van der Waals surface area (Å²) < 4.78 is 68.3. The second-order valence-corrected chi connectivity index (χ2v) is 30.0. The lowest BCUT2D eigenvalue weighted by atomic mass is 10.0. The number of hydrogen-bond acceptors (Lipinski definition) is 15. The maximum atomic E-state index is 13.0. The van der Waals surface area contributed by atoms with Gasteiger partial charge in [0.15, 0.2) is 12.2 Å². The summed E-state index contributed by atoms with van der Waals surface area (Å²) in [6.07, 6.45) is 45.7. The minimum atomic E-state index is -4.95. The molecule has 0 rings (SSSR count). The zero-order valence-corrected chi connectivity index (χ0v) is 60.4. The van der Waals surface area contributed by atoms with Crippen LogP contribution in [0.15, 0.2) is 0 Å². The average molecular weight is 1330 g/mol. The Hall–Kier alpha value is -1.94. The first-order chi connectivity index (χ1) is 43.2. The zero-order chi connectivity index (χ0) is 66.6. The molecule has 0 aromatic heterocycles. The highest BCUT2D eigenvalue weighted by molar-refractivity contribution is 7.47. The summed E-state index contributed by atoms with van der Waals surface area (Å²) >= 11 is 0. The topological polar surface area (TPSA) is 237 Å². The van der Waals surface area contributed by atoms with Crippen molar-refractivity contribution < 1.29 is 80.2 Å². The van der Waals surface area contributed by atoms with E-state index in [1.165, 1.54) is 167 Å². The molecular formula is C71H138O17P2. The predicted molar refractivity (Wildman–Crippen MR) is 363 cm³/mol. The lowest BCUT2D eigenvalue weighted by Crippen LogP contribution is -2.30. The molecule has 19 heteroatoms. The molecule has 0 radical (unpaired) electrons. The molecule has 0 aliphatic carbocycles. The summed E-state index contributed by atoms with van der Waals surface area (Å²) in [4.78, 5) is 72.6. The molecule has 0 aliphatic rings. The van der Waals surface area contributed by atoms with E-state index in [9.17, 15) is 43.2 Å². The van der Waals surface area contributed by atoms with E-state index in [-0.39, 0.29) is 25.7 Å². The SMILES string of the molecule is CCCCCCCCCCCCCC(=O)OC[C@H](COP(=O)(O)OC[C@H](O)COP(=O)(O)OC[C@@H](COC(=O)CCCCCCCCCCCCC(C)C)OC(=O)CCCCCCCCCCCCCC(C)C)OC(=O)CCCCCCCCCCCC(C)C. The van der Waals surface area contributed by atoms with Gasteiger partial charge in [0.25, 0.3) is 0 Å². The minimum absolute atomic E-state index is 0.105. The summed E-state index contributed by atoms with van der Waals surface area (Å²) in [7, 11) is -9.90. The van der Waals surface area contributed by atoms with Crippen LogP contribution in [0.2, 0.25) is 0 Å². The van der Waals surface area contributed by atoms with Crippen LogP contribution in [0.5, 0.6) is 0 Å². The molecule has 0 aromatic rings. The molecule has 0 aromatic carbocycles. The first-order valence-corrected chi connectivity index (χ1v) is 39.8. The van der Waals surface area contributed by atoms with Crippen molar-refractivity contribution in [2.45, 2.75) is 375 Å². The minimum Gasteiger partial charge on any atom is -0.462 e. The van der Waals surface area contributed by atoms with Gasteiger partial charge in [0.1, 0.15) is 19.3 Å². The molecule has 0 bridgehead atoms. The molecule has 90 heavy (non-hydrogen) atoms. The summed E-state index contributed by atoms with van der Waals surface area (Å²) in [5.41, 5.74) is 0. The molecule has 5 atom stereocenters. The quantitative estimate of drug-likeness (QED) is 0.0222. The third-order valence-corrected chi connectivity index (χ3v) is 18.3. The first-order valence-electron chi connectivity index (χ1n) is 36.8. The predicted octanol–water partition coefficient (Wildman–Crippen LogP) is 20.2. The zero-order valence-electron chi connectivity index (χ0n) is 58.6. The third-order valence-electron chi connectivity index (χ3n) is 16.4. The molecule has 17 nitrogen and oxygen atoms in total. The molecule has 0 saturated carbocycles. The molecule has 0 aliphatic heterocycles. The van der Waals surface area contributed by atoms with Crippen molar-refractivity contribution in [3.8, 4) is 0 Å². The third kappa shape index (κ3) is 64.8. The number of esters is 4. The number of ether oxygens (including phenoxy) is 4. The maximum Gasteiger partial charge on any atom is 0.472 e. The fourth-order valence-corrected chi connectivity index (χ4v) is 12.3. The van der Waals surface area contributed by atoms with E-state index in [1.807, 2.05) is 0 Å². The largest absolute Gasteiger partial charge is 0.472 e. The molecular weight excluding hydrogens is 1190 g/mol. The van der Waals surface area contributed by atoms with Crippen LogP contribution in [0.25, 0.3) is 0 Å². The number of carbonyl (C=O) groups is 4. The molecule has 0 fully saturated rings. The Morgan fingerprint density at radius 2 is 0.511 bits per heavy atom. The Balaban J connectivity index is 5.26. The van der Waals surface area contributed by atoms with Gasteiger partial charge in [0.05, 0.1) is 26.4 Å². The monoisotopic (exact) mass is 1320 g/mol. The second kappa shape index (κ2) is 61.9. The van der Waals surface area contributed by atoms with Crippen LogP contribution in [-0.2, 0) is 65.4 Å². The van der Waals surface area contributed by atoms with Gasteiger partial charge >= 0.3 is 39.5 Å². The van der Waals surface area contributed by atoms with Gasteiger partial charge in [-0.15, -0.1) is 0 Å². The van der Waals surface area contributed by atoms with E-state index in [2.05, 4.69) is 48.5 Å². The standard InChI is InChI=1S/C71H138O17P2/c1-8-9-10-11-12-13-15-24-31-38-45-52-68(73)81-59-67(88-71(76)55-48-41-34-27-20-23-30-37-44-51-64(6)7)61-86-90(79,80)84-57-65(72)56-83-89(77,78)85-60-66(58-82-69(74)53-46-39-32-25-19-18-22-29-36-43-50-63(4)5)87-70(75)54-47-40-33-26-17-14-16-21-28-35-42-49-62(2)3/h62-67,72H,8-61H2,1-7H3,(H,77,78)(H,79,80)/t65-,66-,67-/m1/s1. The van der Waals surface area contributed by atoms with Crippen LogP contribution in [-0.4, -0.2) is 96.7 Å². The molecule has 2 unspecified atom stereocenters. The van der Waals surface area contributed by atoms with Crippen molar-refractivity contribution in [1.82, 2.24) is 0 Å². The van der Waals surface area contributed by atoms with Gasteiger partial charge in [-0.25, -0.2) is 9.13 Å². The van der Waals surface area contributed by atoms with Gasteiger partial charge in [-0.3, -0.25) is 37.3 Å².